The van der Waals surface area contributed by atoms with Gasteiger partial charge in [-0.25, -0.2) is 4.52 Å². The number of nitrogens with zero attached hydrogens (tertiary/aromatic N) is 3. The highest BCUT2D eigenvalue weighted by Crippen LogP contribution is 2.36. The van der Waals surface area contributed by atoms with Gasteiger partial charge in [0.05, 0.1) is 5.69 Å². The summed E-state index contributed by atoms with van der Waals surface area (Å²) in [5.74, 6) is 4.34. The lowest BCUT2D eigenvalue weighted by Crippen LogP contribution is -2.23. The zero-order valence-corrected chi connectivity index (χ0v) is 19.8. The van der Waals surface area contributed by atoms with Crippen LogP contribution in [0.25, 0.3) is 11.1 Å². The number of rotatable bonds is 6. The van der Waals surface area contributed by atoms with Gasteiger partial charge in [-0.2, -0.15) is 16.9 Å². The quantitative estimate of drug-likeness (QED) is 0.588. The van der Waals surface area contributed by atoms with E-state index in [1.54, 1.807) is 0 Å². The number of fused-ring (bicyclic) bond motifs is 1. The van der Waals surface area contributed by atoms with E-state index < -0.39 is 0 Å². The fourth-order valence-electron chi connectivity index (χ4n) is 5.28. The van der Waals surface area contributed by atoms with E-state index in [9.17, 15) is 4.79 Å². The van der Waals surface area contributed by atoms with Crippen molar-refractivity contribution in [1.82, 2.24) is 19.5 Å². The van der Waals surface area contributed by atoms with Gasteiger partial charge in [-0.15, -0.1) is 0 Å². The summed E-state index contributed by atoms with van der Waals surface area (Å²) in [7, 11) is 0. The predicted molar refractivity (Wildman–Crippen MR) is 133 cm³/mol. The van der Waals surface area contributed by atoms with Crippen LogP contribution in [0.5, 0.6) is 0 Å². The maximum atomic E-state index is 13.0. The molecular weight excluding hydrogens is 416 g/mol. The number of hydrogen-bond donors (Lipinski definition) is 1. The van der Waals surface area contributed by atoms with Crippen LogP contribution in [0.2, 0.25) is 0 Å². The Labute approximate surface area is 193 Å². The maximum Gasteiger partial charge on any atom is 0.275 e. The van der Waals surface area contributed by atoms with Gasteiger partial charge in [0.15, 0.2) is 0 Å². The molecule has 0 bridgehead atoms. The molecule has 2 aromatic heterocycles. The summed E-state index contributed by atoms with van der Waals surface area (Å²) in [6, 6.07) is 14.6. The van der Waals surface area contributed by atoms with Crippen LogP contribution in [-0.4, -0.2) is 44.1 Å². The van der Waals surface area contributed by atoms with Gasteiger partial charge in [0, 0.05) is 31.3 Å². The fraction of sp³-hybridized carbons (Fsp3) is 0.462. The van der Waals surface area contributed by atoms with Crippen LogP contribution in [0.1, 0.15) is 49.7 Å². The SMILES string of the molecule is CC(C)C[C@@H]1CN(Cc2ccccc2)C[C@H]1c1nn2c(C3=CCSCC3)ccc2c(=O)[nH]1. The third-order valence-corrected chi connectivity index (χ3v) is 7.62. The molecular formula is C26H32N4OS. The maximum absolute atomic E-state index is 13.0. The molecule has 2 aliphatic heterocycles. The summed E-state index contributed by atoms with van der Waals surface area (Å²) in [6.07, 6.45) is 4.46. The van der Waals surface area contributed by atoms with Crippen molar-refractivity contribution in [1.29, 1.82) is 0 Å². The van der Waals surface area contributed by atoms with Gasteiger partial charge in [-0.3, -0.25) is 9.69 Å². The average Bonchev–Trinajstić information content (AvgIpc) is 3.39. The number of thioether (sulfide) groups is 1. The predicted octanol–water partition coefficient (Wildman–Crippen LogP) is 4.80. The summed E-state index contributed by atoms with van der Waals surface area (Å²) in [4.78, 5) is 18.7. The van der Waals surface area contributed by atoms with E-state index in [-0.39, 0.29) is 11.5 Å². The fourth-order valence-corrected chi connectivity index (χ4v) is 6.13. The lowest BCUT2D eigenvalue weighted by Gasteiger charge is -2.20. The Kier molecular flexibility index (Phi) is 6.24. The molecule has 32 heavy (non-hydrogen) atoms. The van der Waals surface area contributed by atoms with Crippen LogP contribution in [0.4, 0.5) is 0 Å². The largest absolute Gasteiger partial charge is 0.307 e. The van der Waals surface area contributed by atoms with Crippen molar-refractivity contribution in [3.8, 4) is 0 Å². The Morgan fingerprint density at radius 3 is 2.75 bits per heavy atom. The van der Waals surface area contributed by atoms with Gasteiger partial charge in [0.2, 0.25) is 0 Å². The van der Waals surface area contributed by atoms with E-state index in [1.165, 1.54) is 11.1 Å². The molecule has 2 atom stereocenters. The Morgan fingerprint density at radius 1 is 1.16 bits per heavy atom. The number of hydrogen-bond acceptors (Lipinski definition) is 4. The molecule has 3 aromatic rings. The van der Waals surface area contributed by atoms with E-state index in [0.717, 1.165) is 55.5 Å². The second kappa shape index (κ2) is 9.28. The smallest absolute Gasteiger partial charge is 0.275 e. The van der Waals surface area contributed by atoms with Crippen LogP contribution < -0.4 is 5.56 Å². The molecule has 0 spiro atoms. The van der Waals surface area contributed by atoms with Gasteiger partial charge in [-0.05, 0) is 53.7 Å². The number of benzene rings is 1. The van der Waals surface area contributed by atoms with E-state index in [0.29, 0.717) is 17.4 Å². The first-order valence-corrected chi connectivity index (χ1v) is 12.9. The molecule has 2 aliphatic rings. The molecule has 0 saturated carbocycles. The average molecular weight is 449 g/mol. The van der Waals surface area contributed by atoms with E-state index >= 15 is 0 Å². The molecule has 1 fully saturated rings. The van der Waals surface area contributed by atoms with Crippen molar-refractivity contribution in [2.24, 2.45) is 11.8 Å². The van der Waals surface area contributed by atoms with Crippen LogP contribution in [0.3, 0.4) is 0 Å². The van der Waals surface area contributed by atoms with Gasteiger partial charge >= 0.3 is 0 Å². The second-order valence-corrected chi connectivity index (χ2v) is 10.7. The molecule has 1 saturated heterocycles. The molecule has 4 heterocycles. The van der Waals surface area contributed by atoms with Crippen molar-refractivity contribution in [2.75, 3.05) is 24.6 Å². The molecule has 0 radical (unpaired) electrons. The van der Waals surface area contributed by atoms with E-state index in [4.69, 9.17) is 5.10 Å². The van der Waals surface area contributed by atoms with Crippen LogP contribution >= 0.6 is 11.8 Å². The molecule has 0 unspecified atom stereocenters. The Bertz CT molecular complexity index is 1160. The summed E-state index contributed by atoms with van der Waals surface area (Å²) in [5.41, 5.74) is 4.33. The van der Waals surface area contributed by atoms with Gasteiger partial charge in [0.25, 0.3) is 5.56 Å². The number of allylic oxidation sites excluding steroid dienone is 1. The van der Waals surface area contributed by atoms with Crippen molar-refractivity contribution >= 4 is 22.9 Å². The monoisotopic (exact) mass is 448 g/mol. The van der Waals surface area contributed by atoms with Crippen molar-refractivity contribution in [3.63, 3.8) is 0 Å². The van der Waals surface area contributed by atoms with Gasteiger partial charge in [-0.1, -0.05) is 50.3 Å². The highest BCUT2D eigenvalue weighted by atomic mass is 32.2. The van der Waals surface area contributed by atoms with Crippen molar-refractivity contribution < 1.29 is 0 Å². The molecule has 1 aromatic carbocycles. The lowest BCUT2D eigenvalue weighted by atomic mass is 9.88. The minimum absolute atomic E-state index is 0.0307. The highest BCUT2D eigenvalue weighted by Gasteiger charge is 2.36. The minimum Gasteiger partial charge on any atom is -0.307 e. The number of aromatic nitrogens is 3. The first kappa shape index (κ1) is 21.5. The molecule has 1 N–H and O–H groups in total. The van der Waals surface area contributed by atoms with Crippen molar-refractivity contribution in [3.05, 3.63) is 76.0 Å². The number of H-pyrrole nitrogens is 1. The van der Waals surface area contributed by atoms with Crippen LogP contribution in [0.15, 0.2) is 53.3 Å². The highest BCUT2D eigenvalue weighted by molar-refractivity contribution is 7.99. The molecule has 0 aliphatic carbocycles. The Morgan fingerprint density at radius 2 is 2.00 bits per heavy atom. The van der Waals surface area contributed by atoms with Gasteiger partial charge < -0.3 is 4.98 Å². The van der Waals surface area contributed by atoms with Crippen LogP contribution in [-0.2, 0) is 6.54 Å². The zero-order valence-electron chi connectivity index (χ0n) is 19.0. The second-order valence-electron chi connectivity index (χ2n) is 9.59. The molecule has 168 valence electrons. The topological polar surface area (TPSA) is 53.4 Å². The minimum atomic E-state index is -0.0307. The summed E-state index contributed by atoms with van der Waals surface area (Å²) in [5, 5.41) is 5.04. The number of nitrogens with one attached hydrogen (secondary N) is 1. The first-order chi connectivity index (χ1) is 15.6. The third-order valence-electron chi connectivity index (χ3n) is 6.72. The Balaban J connectivity index is 1.48. The Hall–Kier alpha value is -2.31. The van der Waals surface area contributed by atoms with E-state index in [1.807, 2.05) is 22.3 Å². The molecule has 6 heteroatoms. The molecule has 5 rings (SSSR count). The third kappa shape index (κ3) is 4.44. The molecule has 0 amide bonds. The summed E-state index contributed by atoms with van der Waals surface area (Å²) in [6.45, 7) is 7.48. The van der Waals surface area contributed by atoms with E-state index in [2.05, 4.69) is 66.2 Å². The number of likely N-dealkylation sites (tertiary alicyclic amines) is 1. The standard InChI is InChI=1S/C26H32N4OS/c1-18(2)14-21-16-29(15-19-6-4-3-5-7-19)17-22(21)25-27-26(31)24-9-8-23(30(24)28-25)20-10-12-32-13-11-20/h3-10,18,21-22H,11-17H2,1-2H3,(H,27,28,31)/t21-,22-/m1/s1. The van der Waals surface area contributed by atoms with Crippen LogP contribution in [0, 0.1) is 11.8 Å². The van der Waals surface area contributed by atoms with Gasteiger partial charge in [0.1, 0.15) is 11.3 Å². The van der Waals surface area contributed by atoms with Crippen molar-refractivity contribution in [2.45, 2.75) is 39.2 Å². The first-order valence-electron chi connectivity index (χ1n) is 11.7. The summed E-state index contributed by atoms with van der Waals surface area (Å²) >= 11 is 1.96. The normalized spacial score (nSPS) is 22.0. The number of aromatic amines is 1. The lowest BCUT2D eigenvalue weighted by molar-refractivity contribution is 0.305. The summed E-state index contributed by atoms with van der Waals surface area (Å²) < 4.78 is 1.91. The zero-order chi connectivity index (χ0) is 22.1. The molecule has 5 nitrogen and oxygen atoms in total.